The number of fused-ring (bicyclic) bond motifs is 1. The molecular formula is C18H17N3O4S. The van der Waals surface area contributed by atoms with Crippen molar-refractivity contribution in [2.24, 2.45) is 0 Å². The lowest BCUT2D eigenvalue weighted by Gasteiger charge is -2.17. The Hall–Kier alpha value is -2.71. The minimum Gasteiger partial charge on any atom is -0.478 e. The summed E-state index contributed by atoms with van der Waals surface area (Å²) < 4.78 is 28.8. The minimum atomic E-state index is -3.73. The van der Waals surface area contributed by atoms with Gasteiger partial charge in [0.15, 0.2) is 0 Å². The molecule has 0 amide bonds. The summed E-state index contributed by atoms with van der Waals surface area (Å²) in [6.07, 6.45) is 3.29. The third-order valence-corrected chi connectivity index (χ3v) is 6.44. The quantitative estimate of drug-likeness (QED) is 0.761. The van der Waals surface area contributed by atoms with Crippen molar-refractivity contribution in [1.82, 2.24) is 14.1 Å². The number of aromatic carboxylic acids is 1. The fourth-order valence-electron chi connectivity index (χ4n) is 3.23. The number of carboxylic acid groups (broad SMARTS) is 1. The summed E-state index contributed by atoms with van der Waals surface area (Å²) in [7, 11) is -3.73. The van der Waals surface area contributed by atoms with Gasteiger partial charge >= 0.3 is 5.97 Å². The molecule has 3 aromatic rings. The number of benzene rings is 2. The molecule has 1 N–H and O–H groups in total. The Bertz CT molecular complexity index is 1100. The maximum Gasteiger partial charge on any atom is 0.335 e. The molecule has 4 rings (SSSR count). The van der Waals surface area contributed by atoms with Gasteiger partial charge in [-0.15, -0.1) is 0 Å². The molecule has 1 aromatic heterocycles. The molecule has 0 radical (unpaired) electrons. The Labute approximate surface area is 150 Å². The number of para-hydroxylation sites is 1. The van der Waals surface area contributed by atoms with E-state index in [9.17, 15) is 18.3 Å². The van der Waals surface area contributed by atoms with Crippen molar-refractivity contribution < 1.29 is 18.3 Å². The highest BCUT2D eigenvalue weighted by atomic mass is 32.2. The summed E-state index contributed by atoms with van der Waals surface area (Å²) in [5, 5.41) is 14.6. The third-order valence-electron chi connectivity index (χ3n) is 4.56. The van der Waals surface area contributed by atoms with Crippen LogP contribution in [0, 0.1) is 0 Å². The summed E-state index contributed by atoms with van der Waals surface area (Å²) in [5.41, 5.74) is 1.10. The van der Waals surface area contributed by atoms with Crippen molar-refractivity contribution in [3.05, 3.63) is 54.2 Å². The van der Waals surface area contributed by atoms with Crippen LogP contribution in [0.4, 0.5) is 0 Å². The number of rotatable bonds is 4. The molecule has 1 saturated heterocycles. The lowest BCUT2D eigenvalue weighted by Crippen LogP contribution is -2.28. The average molecular weight is 371 g/mol. The van der Waals surface area contributed by atoms with Gasteiger partial charge in [-0.3, -0.25) is 0 Å². The Kier molecular flexibility index (Phi) is 4.01. The van der Waals surface area contributed by atoms with E-state index in [0.29, 0.717) is 18.8 Å². The van der Waals surface area contributed by atoms with Crippen LogP contribution < -0.4 is 0 Å². The molecule has 0 aliphatic carbocycles. The smallest absolute Gasteiger partial charge is 0.335 e. The predicted molar refractivity (Wildman–Crippen MR) is 96.0 cm³/mol. The van der Waals surface area contributed by atoms with Crippen LogP contribution in [0.2, 0.25) is 0 Å². The summed E-state index contributed by atoms with van der Waals surface area (Å²) >= 11 is 0. The predicted octanol–water partition coefficient (Wildman–Crippen LogP) is 2.51. The van der Waals surface area contributed by atoms with Crippen LogP contribution in [0.15, 0.2) is 53.6 Å². The van der Waals surface area contributed by atoms with Crippen molar-refractivity contribution in [3.8, 4) is 5.69 Å². The van der Waals surface area contributed by atoms with E-state index in [1.165, 1.54) is 22.5 Å². The Morgan fingerprint density at radius 1 is 1.08 bits per heavy atom. The van der Waals surface area contributed by atoms with Crippen molar-refractivity contribution in [3.63, 3.8) is 0 Å². The van der Waals surface area contributed by atoms with Gasteiger partial charge in [0.05, 0.1) is 27.9 Å². The second kappa shape index (κ2) is 6.22. The van der Waals surface area contributed by atoms with Gasteiger partial charge in [0.25, 0.3) is 0 Å². The second-order valence-electron chi connectivity index (χ2n) is 6.25. The first kappa shape index (κ1) is 16.7. The van der Waals surface area contributed by atoms with Gasteiger partial charge in [0, 0.05) is 18.5 Å². The largest absolute Gasteiger partial charge is 0.478 e. The zero-order valence-corrected chi connectivity index (χ0v) is 14.7. The number of carboxylic acids is 1. The Balaban J connectivity index is 1.91. The molecule has 1 aliphatic rings. The van der Waals surface area contributed by atoms with E-state index in [4.69, 9.17) is 0 Å². The van der Waals surface area contributed by atoms with Crippen LogP contribution in [-0.2, 0) is 10.0 Å². The van der Waals surface area contributed by atoms with Crippen molar-refractivity contribution in [2.75, 3.05) is 13.1 Å². The standard InChI is InChI=1S/C18H17N3O4S/c22-18(23)14-9-15(21-17-6-2-1-5-13(17)12-19-21)11-16(10-14)26(24,25)20-7-3-4-8-20/h1-2,5-6,9-12H,3-4,7-8H2,(H,22,23). The average Bonchev–Trinajstić information content (AvgIpc) is 3.31. The first-order chi connectivity index (χ1) is 12.5. The molecule has 1 fully saturated rings. The monoisotopic (exact) mass is 371 g/mol. The summed E-state index contributed by atoms with van der Waals surface area (Å²) in [5.74, 6) is -1.18. The lowest BCUT2D eigenvalue weighted by molar-refractivity contribution is 0.0696. The normalized spacial score (nSPS) is 15.5. The number of nitrogens with zero attached hydrogens (tertiary/aromatic N) is 3. The SMILES string of the molecule is O=C(O)c1cc(-n2ncc3ccccc32)cc(S(=O)(=O)N2CCCC2)c1. The van der Waals surface area contributed by atoms with Crippen molar-refractivity contribution in [2.45, 2.75) is 17.7 Å². The fraction of sp³-hybridized carbons (Fsp3) is 0.222. The third kappa shape index (κ3) is 2.77. The summed E-state index contributed by atoms with van der Waals surface area (Å²) in [6.45, 7) is 0.916. The molecule has 0 atom stereocenters. The molecule has 8 heteroatoms. The first-order valence-electron chi connectivity index (χ1n) is 8.28. The molecule has 0 spiro atoms. The lowest BCUT2D eigenvalue weighted by atomic mass is 10.2. The van der Waals surface area contributed by atoms with Gasteiger partial charge in [-0.1, -0.05) is 18.2 Å². The number of carbonyl (C=O) groups is 1. The van der Waals surface area contributed by atoms with Crippen LogP contribution in [0.1, 0.15) is 23.2 Å². The molecule has 7 nitrogen and oxygen atoms in total. The van der Waals surface area contributed by atoms with Gasteiger partial charge in [-0.2, -0.15) is 9.40 Å². The number of hydrogen-bond acceptors (Lipinski definition) is 4. The van der Waals surface area contributed by atoms with Gasteiger partial charge in [0.2, 0.25) is 10.0 Å². The van der Waals surface area contributed by atoms with E-state index in [1.54, 1.807) is 10.9 Å². The molecule has 26 heavy (non-hydrogen) atoms. The van der Waals surface area contributed by atoms with Crippen LogP contribution in [-0.4, -0.2) is 46.7 Å². The van der Waals surface area contributed by atoms with E-state index >= 15 is 0 Å². The fourth-order valence-corrected chi connectivity index (χ4v) is 4.82. The van der Waals surface area contributed by atoms with E-state index < -0.39 is 16.0 Å². The highest BCUT2D eigenvalue weighted by molar-refractivity contribution is 7.89. The molecule has 2 heterocycles. The van der Waals surface area contributed by atoms with Crippen LogP contribution >= 0.6 is 0 Å². The second-order valence-corrected chi connectivity index (χ2v) is 8.19. The minimum absolute atomic E-state index is 0.0196. The van der Waals surface area contributed by atoms with Gasteiger partial charge in [-0.05, 0) is 37.1 Å². The van der Waals surface area contributed by atoms with E-state index in [1.807, 2.05) is 24.3 Å². The highest BCUT2D eigenvalue weighted by Crippen LogP contribution is 2.26. The molecule has 0 unspecified atom stereocenters. The van der Waals surface area contributed by atoms with Gasteiger partial charge < -0.3 is 5.11 Å². The Morgan fingerprint density at radius 2 is 1.81 bits per heavy atom. The maximum absolute atomic E-state index is 12.9. The van der Waals surface area contributed by atoms with Gasteiger partial charge in [0.1, 0.15) is 0 Å². The van der Waals surface area contributed by atoms with Crippen LogP contribution in [0.3, 0.4) is 0 Å². The van der Waals surface area contributed by atoms with E-state index in [-0.39, 0.29) is 10.5 Å². The maximum atomic E-state index is 12.9. The molecule has 1 aliphatic heterocycles. The highest BCUT2D eigenvalue weighted by Gasteiger charge is 2.28. The van der Waals surface area contributed by atoms with Crippen molar-refractivity contribution >= 4 is 26.9 Å². The molecule has 134 valence electrons. The van der Waals surface area contributed by atoms with E-state index in [2.05, 4.69) is 5.10 Å². The van der Waals surface area contributed by atoms with Gasteiger partial charge in [-0.25, -0.2) is 17.9 Å². The first-order valence-corrected chi connectivity index (χ1v) is 9.72. The summed E-state index contributed by atoms with van der Waals surface area (Å²) in [4.78, 5) is 11.5. The molecule has 2 aromatic carbocycles. The zero-order chi connectivity index (χ0) is 18.3. The molecular weight excluding hydrogens is 354 g/mol. The topological polar surface area (TPSA) is 92.5 Å². The van der Waals surface area contributed by atoms with E-state index in [0.717, 1.165) is 23.7 Å². The number of sulfonamides is 1. The van der Waals surface area contributed by atoms with Crippen LogP contribution in [0.5, 0.6) is 0 Å². The summed E-state index contributed by atoms with van der Waals surface area (Å²) in [6, 6.07) is 11.6. The Morgan fingerprint density at radius 3 is 2.54 bits per heavy atom. The van der Waals surface area contributed by atoms with Crippen molar-refractivity contribution in [1.29, 1.82) is 0 Å². The zero-order valence-electron chi connectivity index (χ0n) is 13.9. The number of hydrogen-bond donors (Lipinski definition) is 1. The molecule has 0 saturated carbocycles. The molecule has 0 bridgehead atoms. The number of aromatic nitrogens is 2. The van der Waals surface area contributed by atoms with Crippen LogP contribution in [0.25, 0.3) is 16.6 Å².